The molecule has 0 aliphatic rings. The van der Waals surface area contributed by atoms with Crippen LogP contribution in [0.3, 0.4) is 0 Å². The molecule has 0 spiro atoms. The van der Waals surface area contributed by atoms with Crippen molar-refractivity contribution in [3.05, 3.63) is 22.6 Å². The van der Waals surface area contributed by atoms with Gasteiger partial charge in [0.1, 0.15) is 6.54 Å². The van der Waals surface area contributed by atoms with Crippen LogP contribution in [0, 0.1) is 5.92 Å². The number of nitrogens with zero attached hydrogens (tertiary/aromatic N) is 2. The molecular weight excluding hydrogens is 232 g/mol. The average molecular weight is 252 g/mol. The van der Waals surface area contributed by atoms with E-state index in [1.54, 1.807) is 7.05 Å². The highest BCUT2D eigenvalue weighted by Gasteiger charge is 2.12. The summed E-state index contributed by atoms with van der Waals surface area (Å²) >= 11 is 0. The van der Waals surface area contributed by atoms with E-state index in [9.17, 15) is 9.59 Å². The third kappa shape index (κ3) is 3.87. The number of nitrogens with one attached hydrogen (secondary N) is 2. The lowest BCUT2D eigenvalue weighted by Gasteiger charge is -2.17. The van der Waals surface area contributed by atoms with Gasteiger partial charge in [0.15, 0.2) is 0 Å². The third-order valence-corrected chi connectivity index (χ3v) is 2.84. The molecular formula is C12H20N4O2. The summed E-state index contributed by atoms with van der Waals surface area (Å²) in [6, 6.07) is 1.48. The van der Waals surface area contributed by atoms with Gasteiger partial charge in [0, 0.05) is 19.2 Å². The van der Waals surface area contributed by atoms with E-state index in [1.165, 1.54) is 12.3 Å². The summed E-state index contributed by atoms with van der Waals surface area (Å²) in [5.41, 5.74) is 0.335. The summed E-state index contributed by atoms with van der Waals surface area (Å²) in [4.78, 5) is 23.3. The van der Waals surface area contributed by atoms with Crippen molar-refractivity contribution < 1.29 is 4.79 Å². The highest BCUT2D eigenvalue weighted by molar-refractivity contribution is 5.75. The van der Waals surface area contributed by atoms with Gasteiger partial charge in [-0.25, -0.2) is 4.68 Å². The second-order valence-corrected chi connectivity index (χ2v) is 4.59. The predicted octanol–water partition coefficient (Wildman–Crippen LogP) is 0.446. The number of hydrogen-bond acceptors (Lipinski definition) is 4. The van der Waals surface area contributed by atoms with Gasteiger partial charge in [-0.05, 0) is 12.8 Å². The van der Waals surface area contributed by atoms with Crippen molar-refractivity contribution in [1.82, 2.24) is 15.1 Å². The Morgan fingerprint density at radius 3 is 2.61 bits per heavy atom. The third-order valence-electron chi connectivity index (χ3n) is 2.84. The number of anilines is 1. The smallest absolute Gasteiger partial charge is 0.269 e. The Morgan fingerprint density at radius 1 is 1.44 bits per heavy atom. The van der Waals surface area contributed by atoms with Crippen molar-refractivity contribution in [1.29, 1.82) is 0 Å². The maximum Gasteiger partial charge on any atom is 0.269 e. The van der Waals surface area contributed by atoms with Gasteiger partial charge >= 0.3 is 0 Å². The van der Waals surface area contributed by atoms with Crippen LogP contribution in [0.1, 0.15) is 20.8 Å². The number of carbonyl (C=O) groups is 1. The fraction of sp³-hybridized carbons (Fsp3) is 0.583. The van der Waals surface area contributed by atoms with E-state index in [0.717, 1.165) is 4.68 Å². The summed E-state index contributed by atoms with van der Waals surface area (Å²) in [6.45, 7) is 5.93. The summed E-state index contributed by atoms with van der Waals surface area (Å²) in [5.74, 6) is 0.147. The molecule has 0 bridgehead atoms. The molecule has 0 saturated heterocycles. The second-order valence-electron chi connectivity index (χ2n) is 4.59. The first-order valence-electron chi connectivity index (χ1n) is 5.98. The lowest BCUT2D eigenvalue weighted by atomic mass is 10.1. The molecule has 1 atom stereocenters. The maximum atomic E-state index is 11.7. The van der Waals surface area contributed by atoms with Crippen LogP contribution in [0.4, 0.5) is 5.69 Å². The minimum atomic E-state index is -0.297. The molecule has 2 N–H and O–H groups in total. The van der Waals surface area contributed by atoms with Crippen LogP contribution < -0.4 is 16.2 Å². The molecule has 0 fully saturated rings. The first-order chi connectivity index (χ1) is 8.43. The molecule has 0 radical (unpaired) electrons. The van der Waals surface area contributed by atoms with Crippen LogP contribution in [-0.2, 0) is 11.3 Å². The maximum absolute atomic E-state index is 11.7. The Morgan fingerprint density at radius 2 is 2.11 bits per heavy atom. The van der Waals surface area contributed by atoms with Crippen LogP contribution in [0.15, 0.2) is 17.1 Å². The average Bonchev–Trinajstić information content (AvgIpc) is 2.31. The lowest BCUT2D eigenvalue weighted by molar-refractivity contribution is -0.122. The minimum Gasteiger partial charge on any atom is -0.387 e. The van der Waals surface area contributed by atoms with Crippen LogP contribution in [-0.4, -0.2) is 28.8 Å². The number of hydrogen-bond donors (Lipinski definition) is 2. The van der Waals surface area contributed by atoms with Crippen molar-refractivity contribution in [3.63, 3.8) is 0 Å². The Kier molecular flexibility index (Phi) is 4.88. The largest absolute Gasteiger partial charge is 0.387 e. The van der Waals surface area contributed by atoms with E-state index in [-0.39, 0.29) is 24.1 Å². The standard InChI is InChI=1S/C12H20N4O2/c1-8(2)9(3)15-11(17)7-16-12(18)5-10(13-4)6-14-16/h5-6,8-9,13H,7H2,1-4H3,(H,15,17). The van der Waals surface area contributed by atoms with E-state index >= 15 is 0 Å². The first-order valence-corrected chi connectivity index (χ1v) is 5.98. The van der Waals surface area contributed by atoms with Gasteiger partial charge in [-0.2, -0.15) is 5.10 Å². The van der Waals surface area contributed by atoms with E-state index in [0.29, 0.717) is 11.6 Å². The number of aromatic nitrogens is 2. The van der Waals surface area contributed by atoms with Gasteiger partial charge in [-0.3, -0.25) is 9.59 Å². The van der Waals surface area contributed by atoms with Gasteiger partial charge in [0.05, 0.1) is 11.9 Å². The van der Waals surface area contributed by atoms with Crippen molar-refractivity contribution >= 4 is 11.6 Å². The van der Waals surface area contributed by atoms with E-state index in [1.807, 2.05) is 20.8 Å². The Hall–Kier alpha value is -1.85. The fourth-order valence-corrected chi connectivity index (χ4v) is 1.29. The predicted molar refractivity (Wildman–Crippen MR) is 70.5 cm³/mol. The molecule has 0 aliphatic carbocycles. The number of carbonyl (C=O) groups excluding carboxylic acids is 1. The summed E-state index contributed by atoms with van der Waals surface area (Å²) in [5, 5.41) is 9.57. The topological polar surface area (TPSA) is 76.0 Å². The summed E-state index contributed by atoms with van der Waals surface area (Å²) in [6.07, 6.45) is 1.51. The van der Waals surface area contributed by atoms with Crippen LogP contribution in [0.25, 0.3) is 0 Å². The van der Waals surface area contributed by atoms with Crippen molar-refractivity contribution in [2.45, 2.75) is 33.4 Å². The molecule has 100 valence electrons. The molecule has 6 heteroatoms. The van der Waals surface area contributed by atoms with Crippen molar-refractivity contribution in [3.8, 4) is 0 Å². The zero-order valence-electron chi connectivity index (χ0n) is 11.2. The van der Waals surface area contributed by atoms with Gasteiger partial charge in [-0.15, -0.1) is 0 Å². The molecule has 18 heavy (non-hydrogen) atoms. The highest BCUT2D eigenvalue weighted by Crippen LogP contribution is 2.00. The monoisotopic (exact) mass is 252 g/mol. The number of rotatable bonds is 5. The lowest BCUT2D eigenvalue weighted by Crippen LogP contribution is -2.40. The van der Waals surface area contributed by atoms with Crippen molar-refractivity contribution in [2.24, 2.45) is 5.92 Å². The molecule has 0 saturated carbocycles. The molecule has 0 aromatic carbocycles. The van der Waals surface area contributed by atoms with Gasteiger partial charge < -0.3 is 10.6 Å². The Labute approximate surface area is 106 Å². The van der Waals surface area contributed by atoms with Gasteiger partial charge in [0.2, 0.25) is 5.91 Å². The van der Waals surface area contributed by atoms with Gasteiger partial charge in [0.25, 0.3) is 5.56 Å². The molecule has 1 heterocycles. The highest BCUT2D eigenvalue weighted by atomic mass is 16.2. The van der Waals surface area contributed by atoms with Crippen LogP contribution >= 0.6 is 0 Å². The van der Waals surface area contributed by atoms with Crippen LogP contribution in [0.2, 0.25) is 0 Å². The first kappa shape index (κ1) is 14.2. The molecule has 1 amide bonds. The fourth-order valence-electron chi connectivity index (χ4n) is 1.29. The molecule has 1 aromatic rings. The molecule has 1 unspecified atom stereocenters. The molecule has 0 aliphatic heterocycles. The van der Waals surface area contributed by atoms with E-state index < -0.39 is 0 Å². The van der Waals surface area contributed by atoms with Crippen LogP contribution in [0.5, 0.6) is 0 Å². The number of amides is 1. The van der Waals surface area contributed by atoms with Gasteiger partial charge in [-0.1, -0.05) is 13.8 Å². The second kappa shape index (κ2) is 6.18. The Balaban J connectivity index is 2.68. The van der Waals surface area contributed by atoms with E-state index in [2.05, 4.69) is 15.7 Å². The van der Waals surface area contributed by atoms with E-state index in [4.69, 9.17) is 0 Å². The summed E-state index contributed by atoms with van der Waals surface area (Å²) in [7, 11) is 1.71. The molecule has 1 aromatic heterocycles. The summed E-state index contributed by atoms with van der Waals surface area (Å²) < 4.78 is 1.14. The quantitative estimate of drug-likeness (QED) is 0.797. The zero-order valence-corrected chi connectivity index (χ0v) is 11.2. The Bertz CT molecular complexity index is 467. The zero-order chi connectivity index (χ0) is 13.7. The molecule has 6 nitrogen and oxygen atoms in total. The molecule has 1 rings (SSSR count). The van der Waals surface area contributed by atoms with Crippen molar-refractivity contribution in [2.75, 3.05) is 12.4 Å². The minimum absolute atomic E-state index is 0.0557. The SMILES string of the molecule is CNc1cnn(CC(=O)NC(C)C(C)C)c(=O)c1. The normalized spacial score (nSPS) is 12.3.